The number of hydrogen-bond donors (Lipinski definition) is 1. The minimum Gasteiger partial charge on any atom is -0.497 e. The van der Waals surface area contributed by atoms with Crippen molar-refractivity contribution in [1.82, 2.24) is 0 Å². The van der Waals surface area contributed by atoms with Gasteiger partial charge in [-0.05, 0) is 17.7 Å². The SMILES string of the molecule is COc1ccc([C@@H](CC(=O)c2ccccc2)SCC(=O)O)cc1. The molecule has 2 aromatic rings. The molecule has 2 rings (SSSR count). The average Bonchev–Trinajstić information content (AvgIpc) is 2.59. The summed E-state index contributed by atoms with van der Waals surface area (Å²) in [5.41, 5.74) is 1.56. The van der Waals surface area contributed by atoms with Crippen molar-refractivity contribution in [2.75, 3.05) is 12.9 Å². The van der Waals surface area contributed by atoms with Crippen molar-refractivity contribution in [3.63, 3.8) is 0 Å². The van der Waals surface area contributed by atoms with Crippen molar-refractivity contribution in [3.8, 4) is 5.75 Å². The summed E-state index contributed by atoms with van der Waals surface area (Å²) in [4.78, 5) is 23.3. The van der Waals surface area contributed by atoms with Gasteiger partial charge < -0.3 is 9.84 Å². The molecule has 0 unspecified atom stereocenters. The molecule has 0 aliphatic carbocycles. The third kappa shape index (κ3) is 5.14. The fraction of sp³-hybridized carbons (Fsp3) is 0.222. The van der Waals surface area contributed by atoms with E-state index >= 15 is 0 Å². The first-order chi connectivity index (χ1) is 11.1. The van der Waals surface area contributed by atoms with Crippen LogP contribution < -0.4 is 4.74 Å². The van der Waals surface area contributed by atoms with E-state index in [1.54, 1.807) is 19.2 Å². The van der Waals surface area contributed by atoms with Crippen LogP contribution in [-0.2, 0) is 4.79 Å². The Labute approximate surface area is 139 Å². The van der Waals surface area contributed by atoms with Crippen LogP contribution >= 0.6 is 11.8 Å². The minimum atomic E-state index is -0.888. The van der Waals surface area contributed by atoms with Crippen LogP contribution in [0.3, 0.4) is 0 Å². The monoisotopic (exact) mass is 330 g/mol. The van der Waals surface area contributed by atoms with Gasteiger partial charge in [0.2, 0.25) is 0 Å². The van der Waals surface area contributed by atoms with E-state index in [4.69, 9.17) is 9.84 Å². The molecular formula is C18H18O4S. The van der Waals surface area contributed by atoms with E-state index in [1.807, 2.05) is 42.5 Å². The minimum absolute atomic E-state index is 0.00399. The highest BCUT2D eigenvalue weighted by molar-refractivity contribution is 8.00. The van der Waals surface area contributed by atoms with Crippen molar-refractivity contribution < 1.29 is 19.4 Å². The lowest BCUT2D eigenvalue weighted by Gasteiger charge is -2.16. The molecule has 0 aliphatic rings. The predicted molar refractivity (Wildman–Crippen MR) is 91.2 cm³/mol. The number of rotatable bonds is 8. The number of carboxylic acids is 1. The highest BCUT2D eigenvalue weighted by Crippen LogP contribution is 2.34. The van der Waals surface area contributed by atoms with Crippen LogP contribution in [-0.4, -0.2) is 29.7 Å². The summed E-state index contributed by atoms with van der Waals surface area (Å²) in [7, 11) is 1.59. The number of hydrogen-bond acceptors (Lipinski definition) is 4. The zero-order valence-corrected chi connectivity index (χ0v) is 13.6. The Morgan fingerprint density at radius 1 is 1.09 bits per heavy atom. The van der Waals surface area contributed by atoms with Crippen molar-refractivity contribution in [2.24, 2.45) is 0 Å². The van der Waals surface area contributed by atoms with Gasteiger partial charge >= 0.3 is 5.97 Å². The van der Waals surface area contributed by atoms with Gasteiger partial charge in [-0.1, -0.05) is 42.5 Å². The fourth-order valence-electron chi connectivity index (χ4n) is 2.17. The van der Waals surface area contributed by atoms with Crippen molar-refractivity contribution in [3.05, 3.63) is 65.7 Å². The molecule has 120 valence electrons. The Kier molecular flexibility index (Phi) is 6.23. The van der Waals surface area contributed by atoms with Crippen LogP contribution in [0.5, 0.6) is 5.75 Å². The first-order valence-corrected chi connectivity index (χ1v) is 8.20. The summed E-state index contributed by atoms with van der Waals surface area (Å²) < 4.78 is 5.13. The number of thioether (sulfide) groups is 1. The number of aliphatic carboxylic acids is 1. The molecule has 2 aromatic carbocycles. The molecule has 0 heterocycles. The number of Topliss-reactive ketones (excluding diaryl/α,β-unsaturated/α-hetero) is 1. The Hall–Kier alpha value is -2.27. The Morgan fingerprint density at radius 2 is 1.74 bits per heavy atom. The second kappa shape index (κ2) is 8.39. The molecule has 0 saturated heterocycles. The van der Waals surface area contributed by atoms with E-state index < -0.39 is 5.97 Å². The number of carbonyl (C=O) groups is 2. The standard InChI is InChI=1S/C18H18O4S/c1-22-15-9-7-14(8-10-15)17(23-12-18(20)21)11-16(19)13-5-3-2-4-6-13/h2-10,17H,11-12H2,1H3,(H,20,21)/t17-/m1/s1. The first kappa shape index (κ1) is 17.1. The van der Waals surface area contributed by atoms with E-state index in [-0.39, 0.29) is 23.2 Å². The lowest BCUT2D eigenvalue weighted by Crippen LogP contribution is -2.08. The van der Waals surface area contributed by atoms with E-state index in [0.29, 0.717) is 5.56 Å². The molecule has 0 radical (unpaired) electrons. The Morgan fingerprint density at radius 3 is 2.30 bits per heavy atom. The highest BCUT2D eigenvalue weighted by Gasteiger charge is 2.19. The number of ketones is 1. The molecule has 4 nitrogen and oxygen atoms in total. The van der Waals surface area contributed by atoms with E-state index in [0.717, 1.165) is 11.3 Å². The summed E-state index contributed by atoms with van der Waals surface area (Å²) in [6, 6.07) is 16.4. The summed E-state index contributed by atoms with van der Waals surface area (Å²) in [6.45, 7) is 0. The van der Waals surface area contributed by atoms with Gasteiger partial charge in [0.25, 0.3) is 0 Å². The number of benzene rings is 2. The molecule has 0 aromatic heterocycles. The van der Waals surface area contributed by atoms with Crippen LogP contribution in [0.15, 0.2) is 54.6 Å². The fourth-order valence-corrected chi connectivity index (χ4v) is 3.14. The second-order valence-corrected chi connectivity index (χ2v) is 6.15. The highest BCUT2D eigenvalue weighted by atomic mass is 32.2. The molecule has 0 spiro atoms. The van der Waals surface area contributed by atoms with Gasteiger partial charge in [0.05, 0.1) is 12.9 Å². The molecule has 1 N–H and O–H groups in total. The van der Waals surface area contributed by atoms with Crippen molar-refractivity contribution in [2.45, 2.75) is 11.7 Å². The topological polar surface area (TPSA) is 63.6 Å². The molecule has 0 bridgehead atoms. The van der Waals surface area contributed by atoms with Crippen LogP contribution in [0.25, 0.3) is 0 Å². The van der Waals surface area contributed by atoms with Gasteiger partial charge in [-0.15, -0.1) is 11.8 Å². The van der Waals surface area contributed by atoms with Gasteiger partial charge in [0.15, 0.2) is 5.78 Å². The molecule has 23 heavy (non-hydrogen) atoms. The third-order valence-corrected chi connectivity index (χ3v) is 4.62. The number of ether oxygens (including phenoxy) is 1. The van der Waals surface area contributed by atoms with E-state index in [2.05, 4.69) is 0 Å². The first-order valence-electron chi connectivity index (χ1n) is 7.15. The Bertz CT molecular complexity index is 652. The van der Waals surface area contributed by atoms with Crippen LogP contribution in [0.2, 0.25) is 0 Å². The van der Waals surface area contributed by atoms with Crippen molar-refractivity contribution in [1.29, 1.82) is 0 Å². The second-order valence-electron chi connectivity index (χ2n) is 4.96. The van der Waals surface area contributed by atoms with Gasteiger partial charge in [-0.25, -0.2) is 0 Å². The lowest BCUT2D eigenvalue weighted by molar-refractivity contribution is -0.133. The number of carbonyl (C=O) groups excluding carboxylic acids is 1. The number of methoxy groups -OCH3 is 1. The quantitative estimate of drug-likeness (QED) is 0.745. The molecular weight excluding hydrogens is 312 g/mol. The molecule has 0 aliphatic heterocycles. The third-order valence-electron chi connectivity index (χ3n) is 3.36. The molecule has 0 saturated carbocycles. The maximum Gasteiger partial charge on any atom is 0.313 e. The summed E-state index contributed by atoms with van der Waals surface area (Å²) in [5.74, 6) is -0.200. The molecule has 5 heteroatoms. The molecule has 1 atom stereocenters. The zero-order valence-electron chi connectivity index (χ0n) is 12.8. The normalized spacial score (nSPS) is 11.7. The van der Waals surface area contributed by atoms with Gasteiger partial charge in [-0.3, -0.25) is 9.59 Å². The molecule has 0 amide bonds. The zero-order chi connectivity index (χ0) is 16.7. The van der Waals surface area contributed by atoms with E-state index in [1.165, 1.54) is 11.8 Å². The average molecular weight is 330 g/mol. The van der Waals surface area contributed by atoms with Gasteiger partial charge in [-0.2, -0.15) is 0 Å². The summed E-state index contributed by atoms with van der Waals surface area (Å²) >= 11 is 1.26. The van der Waals surface area contributed by atoms with Crippen LogP contribution in [0.1, 0.15) is 27.6 Å². The maximum absolute atomic E-state index is 12.4. The summed E-state index contributed by atoms with van der Waals surface area (Å²) in [5, 5.41) is 8.71. The smallest absolute Gasteiger partial charge is 0.313 e. The van der Waals surface area contributed by atoms with Crippen molar-refractivity contribution >= 4 is 23.5 Å². The number of carboxylic acid groups (broad SMARTS) is 1. The largest absolute Gasteiger partial charge is 0.497 e. The summed E-state index contributed by atoms with van der Waals surface area (Å²) in [6.07, 6.45) is 0.258. The predicted octanol–water partition coefficient (Wildman–Crippen LogP) is 3.83. The van der Waals surface area contributed by atoms with Crippen LogP contribution in [0, 0.1) is 0 Å². The lowest BCUT2D eigenvalue weighted by atomic mass is 10.0. The Balaban J connectivity index is 2.15. The molecule has 0 fully saturated rings. The van der Waals surface area contributed by atoms with E-state index in [9.17, 15) is 9.59 Å². The van der Waals surface area contributed by atoms with Gasteiger partial charge in [0.1, 0.15) is 5.75 Å². The van der Waals surface area contributed by atoms with Gasteiger partial charge in [0, 0.05) is 17.2 Å². The van der Waals surface area contributed by atoms with Crippen LogP contribution in [0.4, 0.5) is 0 Å². The maximum atomic E-state index is 12.4.